The van der Waals surface area contributed by atoms with Crippen molar-refractivity contribution in [2.24, 2.45) is 10.7 Å². The van der Waals surface area contributed by atoms with Crippen LogP contribution >= 0.6 is 23.2 Å². The van der Waals surface area contributed by atoms with Gasteiger partial charge in [-0.2, -0.15) is 0 Å². The van der Waals surface area contributed by atoms with Gasteiger partial charge in [0.15, 0.2) is 5.96 Å². The normalized spacial score (nSPS) is 12.1. The average molecular weight is 779 g/mol. The summed E-state index contributed by atoms with van der Waals surface area (Å²) in [6.07, 6.45) is 0. The molecule has 0 saturated heterocycles. The Hall–Kier alpha value is -5.87. The van der Waals surface area contributed by atoms with Gasteiger partial charge in [-0.05, 0) is 106 Å². The molecule has 0 aliphatic rings. The Kier molecular flexibility index (Phi) is 9.70. The lowest BCUT2D eigenvalue weighted by Crippen LogP contribution is -2.21. The first-order valence-corrected chi connectivity index (χ1v) is 18.6. The minimum atomic E-state index is -4.12. The van der Waals surface area contributed by atoms with E-state index < -0.39 is 32.0 Å². The van der Waals surface area contributed by atoms with Crippen molar-refractivity contribution in [1.82, 2.24) is 0 Å². The number of hydrogen-bond donors (Lipinski definition) is 6. The average Bonchev–Trinajstić information content (AvgIpc) is 3.08. The number of carboxylic acids is 2. The first-order chi connectivity index (χ1) is 24.6. The van der Waals surface area contributed by atoms with E-state index >= 15 is 0 Å². The molecule has 17 heteroatoms. The quantitative estimate of drug-likeness (QED) is 0.0600. The van der Waals surface area contributed by atoms with E-state index in [1.165, 1.54) is 48.5 Å². The highest BCUT2D eigenvalue weighted by molar-refractivity contribution is 7.93. The topological polar surface area (TPSA) is 217 Å². The van der Waals surface area contributed by atoms with Gasteiger partial charge in [-0.25, -0.2) is 31.4 Å². The highest BCUT2D eigenvalue weighted by atomic mass is 35.5. The molecule has 6 aromatic rings. The molecule has 0 atom stereocenters. The van der Waals surface area contributed by atoms with Crippen LogP contribution in [0.1, 0.15) is 20.7 Å². The van der Waals surface area contributed by atoms with Crippen molar-refractivity contribution in [3.63, 3.8) is 0 Å². The molecule has 264 valence electrons. The van der Waals surface area contributed by atoms with Gasteiger partial charge in [0, 0.05) is 17.1 Å². The number of carboxylic acid groups (broad SMARTS) is 2. The fraction of sp³-hybridized carbons (Fsp3) is 0. The first kappa shape index (κ1) is 35.9. The van der Waals surface area contributed by atoms with E-state index in [4.69, 9.17) is 28.9 Å². The van der Waals surface area contributed by atoms with Crippen molar-refractivity contribution in [3.8, 4) is 0 Å². The monoisotopic (exact) mass is 777 g/mol. The minimum Gasteiger partial charge on any atom is -0.478 e. The van der Waals surface area contributed by atoms with Crippen molar-refractivity contribution in [2.75, 3.05) is 14.8 Å². The van der Waals surface area contributed by atoms with Gasteiger partial charge in [0.2, 0.25) is 0 Å². The summed E-state index contributed by atoms with van der Waals surface area (Å²) >= 11 is 11.8. The number of nitrogens with two attached hydrogens (primary N) is 1. The molecule has 7 N–H and O–H groups in total. The lowest BCUT2D eigenvalue weighted by Gasteiger charge is -2.11. The van der Waals surface area contributed by atoms with E-state index in [1.807, 2.05) is 0 Å². The fourth-order valence-electron chi connectivity index (χ4n) is 5.17. The number of aliphatic imine (C=N–C) groups is 1. The van der Waals surface area contributed by atoms with Crippen LogP contribution in [-0.4, -0.2) is 44.9 Å². The third-order valence-electron chi connectivity index (χ3n) is 7.65. The number of halogens is 2. The number of nitrogens with one attached hydrogen (secondary N) is 3. The number of rotatable bonds is 10. The molecule has 13 nitrogen and oxygen atoms in total. The van der Waals surface area contributed by atoms with E-state index in [1.54, 1.807) is 48.5 Å². The van der Waals surface area contributed by atoms with Gasteiger partial charge in [-0.15, -0.1) is 0 Å². The van der Waals surface area contributed by atoms with Crippen molar-refractivity contribution >= 4 is 105 Å². The number of carbonyl (C=O) groups is 2. The summed E-state index contributed by atoms with van der Waals surface area (Å²) in [5.41, 5.74) is 6.65. The predicted molar refractivity (Wildman–Crippen MR) is 201 cm³/mol. The van der Waals surface area contributed by atoms with Crippen LogP contribution in [0.25, 0.3) is 21.5 Å². The third-order valence-corrected chi connectivity index (χ3v) is 11.1. The van der Waals surface area contributed by atoms with Crippen LogP contribution in [0.4, 0.5) is 22.7 Å². The Bertz CT molecular complexity index is 2710. The van der Waals surface area contributed by atoms with E-state index in [0.717, 1.165) is 22.9 Å². The molecular weight excluding hydrogens is 753 g/mol. The second-order valence-corrected chi connectivity index (χ2v) is 15.4. The predicted octanol–water partition coefficient (Wildman–Crippen LogP) is 7.36. The number of guanidine groups is 1. The van der Waals surface area contributed by atoms with Gasteiger partial charge < -0.3 is 21.3 Å². The zero-order chi connectivity index (χ0) is 37.4. The molecule has 0 heterocycles. The maximum atomic E-state index is 13.2. The molecule has 6 aromatic carbocycles. The molecule has 0 unspecified atom stereocenters. The number of nitrogens with zero attached hydrogens (tertiary/aromatic N) is 1. The second kappa shape index (κ2) is 14.0. The molecular formula is C35H25Cl2N5O8S2. The smallest absolute Gasteiger partial charge is 0.337 e. The number of benzene rings is 6. The molecule has 52 heavy (non-hydrogen) atoms. The Morgan fingerprint density at radius 1 is 0.558 bits per heavy atom. The van der Waals surface area contributed by atoms with Crippen LogP contribution in [0.2, 0.25) is 10.0 Å². The van der Waals surface area contributed by atoms with Crippen LogP contribution in [0.15, 0.2) is 124 Å². The van der Waals surface area contributed by atoms with E-state index in [9.17, 15) is 36.6 Å². The number of anilines is 3. The Morgan fingerprint density at radius 3 is 1.50 bits per heavy atom. The van der Waals surface area contributed by atoms with Crippen molar-refractivity contribution in [1.29, 1.82) is 0 Å². The number of sulfonamides is 2. The maximum absolute atomic E-state index is 13.2. The minimum absolute atomic E-state index is 0.0106. The summed E-state index contributed by atoms with van der Waals surface area (Å²) in [6.45, 7) is 0. The Morgan fingerprint density at radius 2 is 1.00 bits per heavy atom. The molecule has 0 spiro atoms. The third kappa shape index (κ3) is 7.87. The molecule has 0 aliphatic carbocycles. The summed E-state index contributed by atoms with van der Waals surface area (Å²) in [4.78, 5) is 27.1. The molecule has 0 aromatic heterocycles. The SMILES string of the molecule is NC(=Nc1ccc2ccc(S(=O)(=O)Nc3ccc(Cl)c(C(=O)O)c3)cc2c1)Nc1ccc2ccc(S(=O)(=O)Nc3ccc(Cl)c(C(=O)O)c3)cc2c1. The van der Waals surface area contributed by atoms with Crippen LogP contribution in [0, 0.1) is 0 Å². The van der Waals surface area contributed by atoms with Gasteiger partial charge in [0.1, 0.15) is 0 Å². The highest BCUT2D eigenvalue weighted by Crippen LogP contribution is 2.29. The molecule has 0 aliphatic heterocycles. The van der Waals surface area contributed by atoms with E-state index in [-0.39, 0.29) is 48.3 Å². The Balaban J connectivity index is 1.21. The molecule has 0 amide bonds. The van der Waals surface area contributed by atoms with Crippen molar-refractivity contribution < 1.29 is 36.6 Å². The molecule has 0 saturated carbocycles. The van der Waals surface area contributed by atoms with Gasteiger partial charge in [0.25, 0.3) is 20.0 Å². The zero-order valence-corrected chi connectivity index (χ0v) is 29.5. The van der Waals surface area contributed by atoms with Crippen LogP contribution in [0.5, 0.6) is 0 Å². The van der Waals surface area contributed by atoms with E-state index in [2.05, 4.69) is 19.8 Å². The lowest BCUT2D eigenvalue weighted by atomic mass is 10.1. The zero-order valence-electron chi connectivity index (χ0n) is 26.3. The summed E-state index contributed by atoms with van der Waals surface area (Å²) in [6, 6.07) is 26.7. The van der Waals surface area contributed by atoms with Crippen LogP contribution in [-0.2, 0) is 20.0 Å². The van der Waals surface area contributed by atoms with E-state index in [0.29, 0.717) is 22.1 Å². The molecule has 0 radical (unpaired) electrons. The van der Waals surface area contributed by atoms with Gasteiger partial charge >= 0.3 is 11.9 Å². The van der Waals surface area contributed by atoms with Crippen LogP contribution in [0.3, 0.4) is 0 Å². The summed E-state index contributed by atoms with van der Waals surface area (Å²) in [5.74, 6) is -2.62. The highest BCUT2D eigenvalue weighted by Gasteiger charge is 2.19. The van der Waals surface area contributed by atoms with Gasteiger partial charge in [-0.3, -0.25) is 9.44 Å². The Labute approximate surface area is 306 Å². The fourth-order valence-corrected chi connectivity index (χ4v) is 7.73. The van der Waals surface area contributed by atoms with Crippen molar-refractivity contribution in [3.05, 3.63) is 130 Å². The summed E-state index contributed by atoms with van der Waals surface area (Å²) in [7, 11) is -8.23. The number of hydrogen-bond acceptors (Lipinski definition) is 7. The maximum Gasteiger partial charge on any atom is 0.337 e. The van der Waals surface area contributed by atoms with Crippen LogP contribution < -0.4 is 20.5 Å². The molecule has 0 fully saturated rings. The molecule has 6 rings (SSSR count). The van der Waals surface area contributed by atoms with Gasteiger partial charge in [0.05, 0.1) is 36.7 Å². The number of aromatic carboxylic acids is 2. The molecule has 0 bridgehead atoms. The summed E-state index contributed by atoms with van der Waals surface area (Å²) < 4.78 is 57.4. The first-order valence-electron chi connectivity index (χ1n) is 14.9. The lowest BCUT2D eigenvalue weighted by molar-refractivity contribution is 0.0686. The largest absolute Gasteiger partial charge is 0.478 e. The van der Waals surface area contributed by atoms with Gasteiger partial charge in [-0.1, -0.05) is 47.5 Å². The second-order valence-electron chi connectivity index (χ2n) is 11.2. The number of fused-ring (bicyclic) bond motifs is 2. The van der Waals surface area contributed by atoms with Crippen molar-refractivity contribution in [2.45, 2.75) is 9.79 Å². The standard InChI is InChI=1S/C35H25Cl2N5O8S2/c36-31-11-7-25(17-29(31)33(43)44)41-51(47,48)27-9-3-19-1-5-23(13-21(19)15-27)39-35(38)40-24-6-2-20-4-10-28(16-22(20)14-24)52(49,50)42-26-8-12-32(37)30(18-26)34(45)46/h1-18,41-42H,(H,43,44)(H,45,46)(H3,38,39,40). The summed E-state index contributed by atoms with van der Waals surface area (Å²) in [5, 5.41) is 24.1.